The average molecular weight is 349 g/mol. The first-order chi connectivity index (χ1) is 12.6. The molecule has 3 rings (SSSR count). The molecule has 1 heterocycles. The molecule has 0 atom stereocenters. The van der Waals surface area contributed by atoms with Crippen LogP contribution in [-0.2, 0) is 11.2 Å². The number of ether oxygens (including phenoxy) is 1. The van der Waals surface area contributed by atoms with Crippen molar-refractivity contribution in [2.24, 2.45) is 0 Å². The number of hydrogen-bond donors (Lipinski definition) is 0. The topological polar surface area (TPSA) is 69.4 Å². The van der Waals surface area contributed by atoms with Crippen LogP contribution in [0.1, 0.15) is 35.2 Å². The summed E-state index contributed by atoms with van der Waals surface area (Å²) in [5.74, 6) is 1.08. The van der Waals surface area contributed by atoms with Crippen molar-refractivity contribution in [2.75, 3.05) is 0 Å². The summed E-state index contributed by atoms with van der Waals surface area (Å²) in [5, 5.41) is 0. The van der Waals surface area contributed by atoms with E-state index in [1.54, 1.807) is 38.1 Å². The van der Waals surface area contributed by atoms with E-state index in [0.29, 0.717) is 35.1 Å². The highest BCUT2D eigenvalue weighted by molar-refractivity contribution is 5.95. The Labute approximate surface area is 151 Å². The zero-order valence-electron chi connectivity index (χ0n) is 14.7. The predicted molar refractivity (Wildman–Crippen MR) is 97.1 cm³/mol. The Morgan fingerprint density at radius 1 is 1.04 bits per heavy atom. The van der Waals surface area contributed by atoms with E-state index in [9.17, 15) is 9.59 Å². The molecule has 132 valence electrons. The fourth-order valence-electron chi connectivity index (χ4n) is 2.51. The molecule has 1 aromatic heterocycles. The van der Waals surface area contributed by atoms with Gasteiger partial charge in [-0.15, -0.1) is 0 Å². The maximum absolute atomic E-state index is 12.2. The Hall–Kier alpha value is -3.21. The standard InChI is InChI=1S/C21H19NO4/c1-3-19(23)15-9-11-17(12-10-15)26-20(24)13-18-14(2)25-21(22-18)16-7-5-4-6-8-16/h4-12H,3,13H2,1-2H3. The van der Waals surface area contributed by atoms with Gasteiger partial charge in [0, 0.05) is 17.5 Å². The third kappa shape index (κ3) is 4.06. The highest BCUT2D eigenvalue weighted by Gasteiger charge is 2.16. The Morgan fingerprint density at radius 3 is 2.38 bits per heavy atom. The summed E-state index contributed by atoms with van der Waals surface area (Å²) in [6.45, 7) is 3.58. The van der Waals surface area contributed by atoms with Crippen molar-refractivity contribution in [3.63, 3.8) is 0 Å². The second kappa shape index (κ2) is 7.78. The number of aryl methyl sites for hydroxylation is 1. The molecule has 0 unspecified atom stereocenters. The number of carbonyl (C=O) groups is 2. The number of benzene rings is 2. The number of rotatable bonds is 6. The van der Waals surface area contributed by atoms with Crippen LogP contribution >= 0.6 is 0 Å². The second-order valence-electron chi connectivity index (χ2n) is 5.84. The second-order valence-corrected chi connectivity index (χ2v) is 5.84. The molecule has 3 aromatic rings. The lowest BCUT2D eigenvalue weighted by Gasteiger charge is -2.04. The quantitative estimate of drug-likeness (QED) is 0.375. The lowest BCUT2D eigenvalue weighted by atomic mass is 10.1. The fourth-order valence-corrected chi connectivity index (χ4v) is 2.51. The molecule has 5 heteroatoms. The molecule has 2 aromatic carbocycles. The van der Waals surface area contributed by atoms with Gasteiger partial charge < -0.3 is 9.15 Å². The number of aromatic nitrogens is 1. The molecular formula is C21H19NO4. The van der Waals surface area contributed by atoms with Crippen LogP contribution in [0.15, 0.2) is 59.0 Å². The molecule has 0 saturated heterocycles. The van der Waals surface area contributed by atoms with Gasteiger partial charge in [-0.1, -0.05) is 25.1 Å². The molecule has 0 spiro atoms. The van der Waals surface area contributed by atoms with Gasteiger partial charge in [0.1, 0.15) is 11.5 Å². The van der Waals surface area contributed by atoms with Gasteiger partial charge in [-0.05, 0) is 43.3 Å². The Bertz CT molecular complexity index is 911. The summed E-state index contributed by atoms with van der Waals surface area (Å²) in [7, 11) is 0. The molecule has 5 nitrogen and oxygen atoms in total. The minimum absolute atomic E-state index is 0.0117. The number of carbonyl (C=O) groups excluding carboxylic acids is 2. The van der Waals surface area contributed by atoms with E-state index in [4.69, 9.17) is 9.15 Å². The van der Waals surface area contributed by atoms with Gasteiger partial charge in [-0.3, -0.25) is 9.59 Å². The van der Waals surface area contributed by atoms with Crippen LogP contribution in [0.5, 0.6) is 5.75 Å². The predicted octanol–water partition coefficient (Wildman–Crippen LogP) is 4.39. The molecule has 0 bridgehead atoms. The minimum Gasteiger partial charge on any atom is -0.441 e. The monoisotopic (exact) mass is 349 g/mol. The molecule has 0 fully saturated rings. The van der Waals surface area contributed by atoms with Crippen LogP contribution in [0.3, 0.4) is 0 Å². The van der Waals surface area contributed by atoms with Gasteiger partial charge in [0.15, 0.2) is 5.78 Å². The third-order valence-corrected chi connectivity index (χ3v) is 3.95. The summed E-state index contributed by atoms with van der Waals surface area (Å²) >= 11 is 0. The van der Waals surface area contributed by atoms with Crippen LogP contribution < -0.4 is 4.74 Å². The van der Waals surface area contributed by atoms with Gasteiger partial charge in [0.25, 0.3) is 0 Å². The van der Waals surface area contributed by atoms with Crippen molar-refractivity contribution in [2.45, 2.75) is 26.7 Å². The summed E-state index contributed by atoms with van der Waals surface area (Å²) in [6.07, 6.45) is 0.451. The highest BCUT2D eigenvalue weighted by Crippen LogP contribution is 2.22. The zero-order valence-corrected chi connectivity index (χ0v) is 14.7. The van der Waals surface area contributed by atoms with Crippen molar-refractivity contribution < 1.29 is 18.7 Å². The first-order valence-corrected chi connectivity index (χ1v) is 8.42. The summed E-state index contributed by atoms with van der Waals surface area (Å²) in [6, 6.07) is 16.0. The minimum atomic E-state index is -0.435. The molecule has 0 aliphatic rings. The molecule has 0 amide bonds. The lowest BCUT2D eigenvalue weighted by Crippen LogP contribution is -2.12. The SMILES string of the molecule is CCC(=O)c1ccc(OC(=O)Cc2nc(-c3ccccc3)oc2C)cc1. The van der Waals surface area contributed by atoms with E-state index in [-0.39, 0.29) is 12.2 Å². The molecule has 0 N–H and O–H groups in total. The van der Waals surface area contributed by atoms with Crippen LogP contribution in [0, 0.1) is 6.92 Å². The Morgan fingerprint density at radius 2 is 1.73 bits per heavy atom. The number of oxazole rings is 1. The van der Waals surface area contributed by atoms with E-state index < -0.39 is 5.97 Å². The van der Waals surface area contributed by atoms with Gasteiger partial charge in [-0.25, -0.2) is 4.98 Å². The van der Waals surface area contributed by atoms with Crippen LogP contribution in [0.25, 0.3) is 11.5 Å². The van der Waals surface area contributed by atoms with Gasteiger partial charge in [0.05, 0.1) is 12.1 Å². The van der Waals surface area contributed by atoms with Crippen molar-refractivity contribution in [1.29, 1.82) is 0 Å². The smallest absolute Gasteiger partial charge is 0.317 e. The summed E-state index contributed by atoms with van der Waals surface area (Å²) in [5.41, 5.74) is 2.00. The molecule has 26 heavy (non-hydrogen) atoms. The van der Waals surface area contributed by atoms with E-state index in [0.717, 1.165) is 5.56 Å². The maximum atomic E-state index is 12.2. The molecule has 0 aliphatic carbocycles. The molecular weight excluding hydrogens is 330 g/mol. The summed E-state index contributed by atoms with van der Waals surface area (Å²) < 4.78 is 11.0. The third-order valence-electron chi connectivity index (χ3n) is 3.95. The number of Topliss-reactive ketones (excluding diaryl/α,β-unsaturated/α-hetero) is 1. The van der Waals surface area contributed by atoms with Gasteiger partial charge in [-0.2, -0.15) is 0 Å². The normalized spacial score (nSPS) is 10.5. The van der Waals surface area contributed by atoms with E-state index in [1.807, 2.05) is 30.3 Å². The Balaban J connectivity index is 1.67. The van der Waals surface area contributed by atoms with Crippen molar-refractivity contribution in [3.8, 4) is 17.2 Å². The molecule has 0 radical (unpaired) electrons. The summed E-state index contributed by atoms with van der Waals surface area (Å²) in [4.78, 5) is 28.2. The molecule has 0 saturated carbocycles. The maximum Gasteiger partial charge on any atom is 0.317 e. The lowest BCUT2D eigenvalue weighted by molar-refractivity contribution is -0.133. The molecule has 0 aliphatic heterocycles. The van der Waals surface area contributed by atoms with Crippen LogP contribution in [0.2, 0.25) is 0 Å². The largest absolute Gasteiger partial charge is 0.441 e. The first kappa shape index (κ1) is 17.6. The first-order valence-electron chi connectivity index (χ1n) is 8.42. The van der Waals surface area contributed by atoms with Gasteiger partial charge >= 0.3 is 5.97 Å². The average Bonchev–Trinajstić information content (AvgIpc) is 3.03. The number of ketones is 1. The highest BCUT2D eigenvalue weighted by atomic mass is 16.5. The van der Waals surface area contributed by atoms with E-state index >= 15 is 0 Å². The fraction of sp³-hybridized carbons (Fsp3) is 0.190. The zero-order chi connectivity index (χ0) is 18.5. The number of hydrogen-bond acceptors (Lipinski definition) is 5. The van der Waals surface area contributed by atoms with E-state index in [1.165, 1.54) is 0 Å². The van der Waals surface area contributed by atoms with E-state index in [2.05, 4.69) is 4.98 Å². The Kier molecular flexibility index (Phi) is 5.27. The van der Waals surface area contributed by atoms with Crippen LogP contribution in [-0.4, -0.2) is 16.7 Å². The van der Waals surface area contributed by atoms with Crippen LogP contribution in [0.4, 0.5) is 0 Å². The van der Waals surface area contributed by atoms with Crippen molar-refractivity contribution in [1.82, 2.24) is 4.98 Å². The van der Waals surface area contributed by atoms with Gasteiger partial charge in [0.2, 0.25) is 5.89 Å². The number of nitrogens with zero attached hydrogens (tertiary/aromatic N) is 1. The van der Waals surface area contributed by atoms with Crippen molar-refractivity contribution >= 4 is 11.8 Å². The van der Waals surface area contributed by atoms with Crippen molar-refractivity contribution in [3.05, 3.63) is 71.6 Å². The number of esters is 1.